The molecule has 0 spiro atoms. The molecule has 0 aromatic heterocycles. The Labute approximate surface area is 105 Å². The second-order valence-corrected chi connectivity index (χ2v) is 3.95. The minimum atomic E-state index is -1.00. The van der Waals surface area contributed by atoms with E-state index in [0.29, 0.717) is 17.7 Å². The summed E-state index contributed by atoms with van der Waals surface area (Å²) in [5.41, 5.74) is 7.04. The van der Waals surface area contributed by atoms with E-state index in [2.05, 4.69) is 11.9 Å². The van der Waals surface area contributed by atoms with Crippen molar-refractivity contribution in [3.05, 3.63) is 42.0 Å². The van der Waals surface area contributed by atoms with Crippen molar-refractivity contribution in [2.24, 2.45) is 5.73 Å². The summed E-state index contributed by atoms with van der Waals surface area (Å²) in [5.74, 6) is -1.32. The Morgan fingerprint density at radius 2 is 2.22 bits per heavy atom. The normalized spacial score (nSPS) is 11.7. The van der Waals surface area contributed by atoms with Crippen LogP contribution in [-0.2, 0) is 4.79 Å². The maximum Gasteiger partial charge on any atom is 0.335 e. The number of hydrogen-bond donors (Lipinski definition) is 3. The molecule has 0 radical (unpaired) electrons. The van der Waals surface area contributed by atoms with E-state index in [4.69, 9.17) is 10.8 Å². The molecular formula is C13H16N2O3. The predicted molar refractivity (Wildman–Crippen MR) is 69.6 cm³/mol. The minimum Gasteiger partial charge on any atom is -0.478 e. The summed E-state index contributed by atoms with van der Waals surface area (Å²) in [6, 6.07) is 3.83. The minimum absolute atomic E-state index is 0.181. The number of anilines is 1. The molecule has 0 fully saturated rings. The van der Waals surface area contributed by atoms with Crippen molar-refractivity contribution in [1.29, 1.82) is 0 Å². The molecule has 1 unspecified atom stereocenters. The third-order valence-corrected chi connectivity index (χ3v) is 2.49. The van der Waals surface area contributed by atoms with Gasteiger partial charge in [0.15, 0.2) is 0 Å². The lowest BCUT2D eigenvalue weighted by Gasteiger charge is -2.12. The monoisotopic (exact) mass is 248 g/mol. The summed E-state index contributed by atoms with van der Waals surface area (Å²) in [5, 5.41) is 11.5. The molecular weight excluding hydrogens is 232 g/mol. The van der Waals surface area contributed by atoms with Crippen LogP contribution < -0.4 is 11.1 Å². The first-order valence-electron chi connectivity index (χ1n) is 5.47. The van der Waals surface area contributed by atoms with Crippen LogP contribution in [0.25, 0.3) is 0 Å². The van der Waals surface area contributed by atoms with Gasteiger partial charge in [0, 0.05) is 5.69 Å². The van der Waals surface area contributed by atoms with Gasteiger partial charge < -0.3 is 16.2 Å². The summed E-state index contributed by atoms with van der Waals surface area (Å²) in [4.78, 5) is 22.4. The van der Waals surface area contributed by atoms with Gasteiger partial charge in [-0.1, -0.05) is 6.08 Å². The van der Waals surface area contributed by atoms with Crippen molar-refractivity contribution >= 4 is 17.6 Å². The van der Waals surface area contributed by atoms with Crippen LogP contribution in [0.2, 0.25) is 0 Å². The third-order valence-electron chi connectivity index (χ3n) is 2.49. The summed E-state index contributed by atoms with van der Waals surface area (Å²) < 4.78 is 0. The highest BCUT2D eigenvalue weighted by molar-refractivity contribution is 5.96. The van der Waals surface area contributed by atoms with E-state index in [0.717, 1.165) is 0 Å². The van der Waals surface area contributed by atoms with Crippen molar-refractivity contribution in [3.8, 4) is 0 Å². The number of benzene rings is 1. The molecule has 0 bridgehead atoms. The quantitative estimate of drug-likeness (QED) is 0.689. The first kappa shape index (κ1) is 13.9. The van der Waals surface area contributed by atoms with Crippen LogP contribution in [0, 0.1) is 6.92 Å². The van der Waals surface area contributed by atoms with Gasteiger partial charge in [-0.05, 0) is 37.1 Å². The standard InChI is InChI=1S/C13H16N2O3/c1-3-4-10(14)12(16)15-11-6-5-9(13(17)18)7-8(11)2/h3,5-7,10H,1,4,14H2,2H3,(H,15,16)(H,17,18). The molecule has 5 nitrogen and oxygen atoms in total. The first-order valence-corrected chi connectivity index (χ1v) is 5.47. The van der Waals surface area contributed by atoms with Gasteiger partial charge in [-0.15, -0.1) is 6.58 Å². The molecule has 0 aliphatic carbocycles. The molecule has 0 aliphatic heterocycles. The smallest absolute Gasteiger partial charge is 0.335 e. The number of carbonyl (C=O) groups is 2. The Bertz CT molecular complexity index is 483. The molecule has 5 heteroatoms. The Kier molecular flexibility index (Phi) is 4.62. The number of carbonyl (C=O) groups excluding carboxylic acids is 1. The summed E-state index contributed by atoms with van der Waals surface area (Å²) in [7, 11) is 0. The second-order valence-electron chi connectivity index (χ2n) is 3.95. The van der Waals surface area contributed by atoms with E-state index < -0.39 is 12.0 Å². The van der Waals surface area contributed by atoms with Gasteiger partial charge in [-0.3, -0.25) is 4.79 Å². The second kappa shape index (κ2) is 5.97. The van der Waals surface area contributed by atoms with Crippen LogP contribution in [0.1, 0.15) is 22.3 Å². The van der Waals surface area contributed by atoms with E-state index in [-0.39, 0.29) is 11.5 Å². The average Bonchev–Trinajstić information content (AvgIpc) is 2.31. The van der Waals surface area contributed by atoms with Gasteiger partial charge in [0.2, 0.25) is 5.91 Å². The van der Waals surface area contributed by atoms with Gasteiger partial charge in [-0.2, -0.15) is 0 Å². The number of hydrogen-bond acceptors (Lipinski definition) is 3. The van der Waals surface area contributed by atoms with Gasteiger partial charge in [-0.25, -0.2) is 4.79 Å². The van der Waals surface area contributed by atoms with Crippen LogP contribution in [0.3, 0.4) is 0 Å². The number of carboxylic acids is 1. The maximum atomic E-state index is 11.7. The fourth-order valence-corrected chi connectivity index (χ4v) is 1.45. The van der Waals surface area contributed by atoms with E-state index in [1.807, 2.05) is 0 Å². The Morgan fingerprint density at radius 1 is 1.56 bits per heavy atom. The fraction of sp³-hybridized carbons (Fsp3) is 0.231. The number of nitrogens with one attached hydrogen (secondary N) is 1. The van der Waals surface area contributed by atoms with Crippen LogP contribution in [0.4, 0.5) is 5.69 Å². The van der Waals surface area contributed by atoms with Gasteiger partial charge in [0.25, 0.3) is 0 Å². The first-order chi connectivity index (χ1) is 8.45. The lowest BCUT2D eigenvalue weighted by atomic mass is 10.1. The zero-order valence-corrected chi connectivity index (χ0v) is 10.1. The summed E-state index contributed by atoms with van der Waals surface area (Å²) in [6.45, 7) is 5.24. The molecule has 18 heavy (non-hydrogen) atoms. The molecule has 1 rings (SSSR count). The maximum absolute atomic E-state index is 11.7. The zero-order chi connectivity index (χ0) is 13.7. The van der Waals surface area contributed by atoms with Crippen LogP contribution >= 0.6 is 0 Å². The van der Waals surface area contributed by atoms with Crippen molar-refractivity contribution in [2.75, 3.05) is 5.32 Å². The fourth-order valence-electron chi connectivity index (χ4n) is 1.45. The molecule has 0 aliphatic rings. The molecule has 0 saturated heterocycles. The molecule has 1 aromatic carbocycles. The Morgan fingerprint density at radius 3 is 2.72 bits per heavy atom. The van der Waals surface area contributed by atoms with Crippen molar-refractivity contribution in [3.63, 3.8) is 0 Å². The molecule has 0 saturated carbocycles. The average molecular weight is 248 g/mol. The van der Waals surface area contributed by atoms with Gasteiger partial charge >= 0.3 is 5.97 Å². The van der Waals surface area contributed by atoms with Gasteiger partial charge in [0.1, 0.15) is 0 Å². The van der Waals surface area contributed by atoms with Crippen molar-refractivity contribution < 1.29 is 14.7 Å². The number of aromatic carboxylic acids is 1. The number of carboxylic acid groups (broad SMARTS) is 1. The predicted octanol–water partition coefficient (Wildman–Crippen LogP) is 1.54. The molecule has 1 aromatic rings. The van der Waals surface area contributed by atoms with Crippen LogP contribution in [-0.4, -0.2) is 23.0 Å². The molecule has 96 valence electrons. The third kappa shape index (κ3) is 3.43. The Hall–Kier alpha value is -2.14. The van der Waals surface area contributed by atoms with E-state index in [1.165, 1.54) is 12.1 Å². The number of nitrogens with two attached hydrogens (primary N) is 1. The largest absolute Gasteiger partial charge is 0.478 e. The SMILES string of the molecule is C=CCC(N)C(=O)Nc1ccc(C(=O)O)cc1C. The van der Waals surface area contributed by atoms with E-state index in [1.54, 1.807) is 19.1 Å². The zero-order valence-electron chi connectivity index (χ0n) is 10.1. The molecule has 1 atom stereocenters. The number of rotatable bonds is 5. The molecule has 0 heterocycles. The summed E-state index contributed by atoms with van der Waals surface area (Å²) in [6.07, 6.45) is 1.96. The van der Waals surface area contributed by atoms with Crippen molar-refractivity contribution in [2.45, 2.75) is 19.4 Å². The number of amides is 1. The van der Waals surface area contributed by atoms with E-state index >= 15 is 0 Å². The highest BCUT2D eigenvalue weighted by Crippen LogP contribution is 2.17. The topological polar surface area (TPSA) is 92.4 Å². The van der Waals surface area contributed by atoms with Crippen molar-refractivity contribution in [1.82, 2.24) is 0 Å². The lowest BCUT2D eigenvalue weighted by Crippen LogP contribution is -2.35. The Balaban J connectivity index is 2.82. The lowest BCUT2D eigenvalue weighted by molar-refractivity contribution is -0.117. The number of aryl methyl sites for hydroxylation is 1. The van der Waals surface area contributed by atoms with Crippen LogP contribution in [0.15, 0.2) is 30.9 Å². The highest BCUT2D eigenvalue weighted by Gasteiger charge is 2.13. The molecule has 1 amide bonds. The summed E-state index contributed by atoms with van der Waals surface area (Å²) >= 11 is 0. The van der Waals surface area contributed by atoms with Crippen LogP contribution in [0.5, 0.6) is 0 Å². The highest BCUT2D eigenvalue weighted by atomic mass is 16.4. The molecule has 4 N–H and O–H groups in total. The van der Waals surface area contributed by atoms with E-state index in [9.17, 15) is 9.59 Å². The van der Waals surface area contributed by atoms with Gasteiger partial charge in [0.05, 0.1) is 11.6 Å².